The van der Waals surface area contributed by atoms with Crippen LogP contribution in [-0.2, 0) is 10.8 Å². The molecule has 0 saturated heterocycles. The second-order valence-electron chi connectivity index (χ2n) is 12.6. The van der Waals surface area contributed by atoms with Crippen molar-refractivity contribution in [1.82, 2.24) is 0 Å². The quantitative estimate of drug-likeness (QED) is 0.312. The molecule has 2 unspecified atom stereocenters. The van der Waals surface area contributed by atoms with Crippen LogP contribution in [0.3, 0.4) is 0 Å². The van der Waals surface area contributed by atoms with Crippen molar-refractivity contribution in [3.8, 4) is 11.1 Å². The summed E-state index contributed by atoms with van der Waals surface area (Å²) in [5.41, 5.74) is 14.3. The Morgan fingerprint density at radius 3 is 1.91 bits per heavy atom. The van der Waals surface area contributed by atoms with Crippen LogP contribution < -0.4 is 0 Å². The predicted molar refractivity (Wildman–Crippen MR) is 156 cm³/mol. The topological polar surface area (TPSA) is 0 Å². The lowest BCUT2D eigenvalue weighted by molar-refractivity contribution is 0.569. The minimum atomic E-state index is 0.0948. The van der Waals surface area contributed by atoms with Crippen molar-refractivity contribution in [3.63, 3.8) is 0 Å². The van der Waals surface area contributed by atoms with Crippen molar-refractivity contribution in [2.45, 2.75) is 78.1 Å². The fourth-order valence-corrected chi connectivity index (χ4v) is 6.43. The van der Waals surface area contributed by atoms with Gasteiger partial charge < -0.3 is 0 Å². The average Bonchev–Trinajstić information content (AvgIpc) is 3.28. The highest BCUT2D eigenvalue weighted by molar-refractivity contribution is 9.10. The smallest absolute Gasteiger partial charge is 0.0250 e. The maximum atomic E-state index is 3.80. The van der Waals surface area contributed by atoms with E-state index in [1.165, 1.54) is 60.1 Å². The van der Waals surface area contributed by atoms with Crippen LogP contribution >= 0.6 is 15.9 Å². The van der Waals surface area contributed by atoms with Gasteiger partial charge in [-0.3, -0.25) is 0 Å². The third-order valence-corrected chi connectivity index (χ3v) is 8.61. The predicted octanol–water partition coefficient (Wildman–Crippen LogP) is 10.4. The van der Waals surface area contributed by atoms with E-state index in [-0.39, 0.29) is 10.8 Å². The molecule has 5 rings (SSSR count). The summed E-state index contributed by atoms with van der Waals surface area (Å²) >= 11 is 3.80. The van der Waals surface area contributed by atoms with Crippen LogP contribution in [0, 0.1) is 0 Å². The molecule has 2 atom stereocenters. The molecule has 0 fully saturated rings. The standard InChI is InChI=1S/C34H37Br/c1-20-15-22-11-9-12-26(23-17-24(33(3,4)5)19-25(18-23)34(6,7)8)32(22)31(20)30-21(2)16-28-27(30)13-10-14-29(28)35/h9-19,30-31H,1-8H3. The first-order chi connectivity index (χ1) is 16.4. The second kappa shape index (κ2) is 8.34. The molecule has 0 bridgehead atoms. The molecule has 0 nitrogen and oxygen atoms in total. The molecule has 2 aliphatic rings. The van der Waals surface area contributed by atoms with Gasteiger partial charge in [-0.1, -0.05) is 129 Å². The number of allylic oxidation sites excluding steroid dienone is 2. The number of rotatable bonds is 2. The first-order valence-electron chi connectivity index (χ1n) is 12.8. The van der Waals surface area contributed by atoms with Gasteiger partial charge in [-0.15, -0.1) is 0 Å². The zero-order valence-electron chi connectivity index (χ0n) is 22.4. The van der Waals surface area contributed by atoms with Crippen LogP contribution in [0.25, 0.3) is 23.3 Å². The summed E-state index contributed by atoms with van der Waals surface area (Å²) in [6.07, 6.45) is 4.81. The highest BCUT2D eigenvalue weighted by Gasteiger charge is 2.38. The van der Waals surface area contributed by atoms with Crippen LogP contribution in [0.5, 0.6) is 0 Å². The molecule has 0 aromatic heterocycles. The van der Waals surface area contributed by atoms with Gasteiger partial charge in [0.1, 0.15) is 0 Å². The van der Waals surface area contributed by atoms with Gasteiger partial charge >= 0.3 is 0 Å². The molecule has 3 aromatic rings. The molecule has 0 spiro atoms. The lowest BCUT2D eigenvalue weighted by atomic mass is 9.74. The maximum absolute atomic E-state index is 3.80. The molecule has 35 heavy (non-hydrogen) atoms. The molecule has 0 heterocycles. The van der Waals surface area contributed by atoms with E-state index in [0.29, 0.717) is 11.8 Å². The number of fused-ring (bicyclic) bond motifs is 2. The largest absolute Gasteiger partial charge is 0.0642 e. The van der Waals surface area contributed by atoms with Gasteiger partial charge in [0.15, 0.2) is 0 Å². The Labute approximate surface area is 220 Å². The Balaban J connectivity index is 1.73. The van der Waals surface area contributed by atoms with Crippen LogP contribution in [0.4, 0.5) is 0 Å². The Morgan fingerprint density at radius 1 is 0.686 bits per heavy atom. The molecule has 180 valence electrons. The monoisotopic (exact) mass is 524 g/mol. The van der Waals surface area contributed by atoms with E-state index in [1.807, 2.05) is 0 Å². The van der Waals surface area contributed by atoms with Gasteiger partial charge in [-0.05, 0) is 75.3 Å². The van der Waals surface area contributed by atoms with E-state index in [2.05, 4.69) is 138 Å². The molecule has 0 radical (unpaired) electrons. The fraction of sp³-hybridized carbons (Fsp3) is 0.353. The van der Waals surface area contributed by atoms with Crippen molar-refractivity contribution < 1.29 is 0 Å². The normalized spacial score (nSPS) is 19.3. The first-order valence-corrected chi connectivity index (χ1v) is 13.6. The summed E-state index contributed by atoms with van der Waals surface area (Å²) in [6, 6.07) is 20.9. The summed E-state index contributed by atoms with van der Waals surface area (Å²) in [5.74, 6) is 0.721. The van der Waals surface area contributed by atoms with Gasteiger partial charge in [0, 0.05) is 16.3 Å². The number of hydrogen-bond acceptors (Lipinski definition) is 0. The van der Waals surface area contributed by atoms with Crippen molar-refractivity contribution in [3.05, 3.63) is 104 Å². The van der Waals surface area contributed by atoms with E-state index >= 15 is 0 Å². The third-order valence-electron chi connectivity index (χ3n) is 7.92. The van der Waals surface area contributed by atoms with Gasteiger partial charge in [0.05, 0.1) is 0 Å². The van der Waals surface area contributed by atoms with Crippen LogP contribution in [0.2, 0.25) is 0 Å². The van der Waals surface area contributed by atoms with E-state index in [0.717, 1.165) is 0 Å². The van der Waals surface area contributed by atoms with Crippen molar-refractivity contribution >= 4 is 28.1 Å². The molecule has 2 aliphatic carbocycles. The maximum Gasteiger partial charge on any atom is 0.0250 e. The van der Waals surface area contributed by atoms with E-state index < -0.39 is 0 Å². The minimum Gasteiger partial charge on any atom is -0.0642 e. The average molecular weight is 526 g/mol. The highest BCUT2D eigenvalue weighted by atomic mass is 79.9. The summed E-state index contributed by atoms with van der Waals surface area (Å²) in [7, 11) is 0. The number of hydrogen-bond donors (Lipinski definition) is 0. The van der Waals surface area contributed by atoms with Gasteiger partial charge in [0.2, 0.25) is 0 Å². The van der Waals surface area contributed by atoms with Crippen molar-refractivity contribution in [1.29, 1.82) is 0 Å². The van der Waals surface area contributed by atoms with Gasteiger partial charge in [-0.25, -0.2) is 0 Å². The summed E-state index contributed by atoms with van der Waals surface area (Å²) in [5, 5.41) is 0. The molecule has 0 amide bonds. The highest BCUT2D eigenvalue weighted by Crippen LogP contribution is 2.55. The van der Waals surface area contributed by atoms with E-state index in [4.69, 9.17) is 0 Å². The van der Waals surface area contributed by atoms with E-state index in [1.54, 1.807) is 0 Å². The molecule has 0 N–H and O–H groups in total. The lowest BCUT2D eigenvalue weighted by Gasteiger charge is -2.29. The summed E-state index contributed by atoms with van der Waals surface area (Å²) in [4.78, 5) is 0. The summed E-state index contributed by atoms with van der Waals surface area (Å²) in [6.45, 7) is 18.6. The zero-order valence-corrected chi connectivity index (χ0v) is 24.0. The summed E-state index contributed by atoms with van der Waals surface area (Å²) < 4.78 is 1.19. The van der Waals surface area contributed by atoms with Crippen molar-refractivity contribution in [2.75, 3.05) is 0 Å². The van der Waals surface area contributed by atoms with Crippen LogP contribution in [0.15, 0.2) is 70.2 Å². The SMILES string of the molecule is CC1=Cc2c(Br)cccc2C1C1C(C)=Cc2cccc(-c3cc(C(C)(C)C)cc(C(C)(C)C)c3)c21. The minimum absolute atomic E-state index is 0.0948. The van der Waals surface area contributed by atoms with Crippen LogP contribution in [-0.4, -0.2) is 0 Å². The second-order valence-corrected chi connectivity index (χ2v) is 13.4. The molecular weight excluding hydrogens is 488 g/mol. The molecule has 0 aliphatic heterocycles. The number of benzene rings is 3. The number of halogens is 1. The van der Waals surface area contributed by atoms with Gasteiger partial charge in [-0.2, -0.15) is 0 Å². The zero-order chi connectivity index (χ0) is 25.3. The molecule has 3 aromatic carbocycles. The molecular formula is C34H37Br. The third kappa shape index (κ3) is 4.16. The fourth-order valence-electron chi connectivity index (χ4n) is 5.93. The Hall–Kier alpha value is -2.38. The Kier molecular flexibility index (Phi) is 5.80. The Morgan fingerprint density at radius 2 is 1.29 bits per heavy atom. The van der Waals surface area contributed by atoms with Gasteiger partial charge in [0.25, 0.3) is 0 Å². The Bertz CT molecular complexity index is 1350. The van der Waals surface area contributed by atoms with Crippen LogP contribution in [0.1, 0.15) is 101 Å². The lowest BCUT2D eigenvalue weighted by Crippen LogP contribution is -2.17. The van der Waals surface area contributed by atoms with Crippen molar-refractivity contribution in [2.24, 2.45) is 0 Å². The first kappa shape index (κ1) is 24.3. The molecule has 0 saturated carbocycles. The molecule has 1 heteroatoms. The van der Waals surface area contributed by atoms with E-state index in [9.17, 15) is 0 Å².